The third-order valence-corrected chi connectivity index (χ3v) is 6.14. The zero-order valence-corrected chi connectivity index (χ0v) is 18.6. The van der Waals surface area contributed by atoms with Gasteiger partial charge in [0.1, 0.15) is 5.82 Å². The second-order valence-corrected chi connectivity index (χ2v) is 8.36. The van der Waals surface area contributed by atoms with Gasteiger partial charge >= 0.3 is 0 Å². The number of fused-ring (bicyclic) bond motifs is 1. The normalized spacial score (nSPS) is 14.5. The lowest BCUT2D eigenvalue weighted by atomic mass is 9.92. The van der Waals surface area contributed by atoms with Crippen LogP contribution in [0.2, 0.25) is 0 Å². The number of hydrogen-bond acceptors (Lipinski definition) is 5. The van der Waals surface area contributed by atoms with E-state index in [4.69, 9.17) is 0 Å². The minimum atomic E-state index is -1.04. The molecule has 4 heterocycles. The van der Waals surface area contributed by atoms with Crippen molar-refractivity contribution >= 4 is 28.4 Å². The number of nitrogens with zero attached hydrogens (tertiary/aromatic N) is 5. The smallest absolute Gasteiger partial charge is 0.277 e. The Morgan fingerprint density at radius 1 is 1.09 bits per heavy atom. The fraction of sp³-hybridized carbons (Fsp3) is 0.261. The number of H-pyrrole nitrogens is 1. The van der Waals surface area contributed by atoms with Crippen molar-refractivity contribution in [1.29, 1.82) is 0 Å². The van der Waals surface area contributed by atoms with Crippen LogP contribution in [0.15, 0.2) is 36.8 Å². The Morgan fingerprint density at radius 3 is 2.54 bits per heavy atom. The van der Waals surface area contributed by atoms with Gasteiger partial charge in [0.15, 0.2) is 17.3 Å². The molecule has 12 heteroatoms. The molecular weight excluding hydrogens is 463 g/mol. The van der Waals surface area contributed by atoms with Crippen molar-refractivity contribution in [2.45, 2.75) is 25.7 Å². The molecule has 2 N–H and O–H groups in total. The first kappa shape index (κ1) is 22.6. The van der Waals surface area contributed by atoms with Crippen molar-refractivity contribution in [1.82, 2.24) is 29.9 Å². The van der Waals surface area contributed by atoms with E-state index in [0.717, 1.165) is 12.1 Å². The summed E-state index contributed by atoms with van der Waals surface area (Å²) in [5, 5.41) is 10.6. The molecule has 0 saturated carbocycles. The van der Waals surface area contributed by atoms with Crippen LogP contribution < -0.4 is 5.32 Å². The first-order valence-electron chi connectivity index (χ1n) is 10.9. The number of pyridine rings is 1. The number of rotatable bonds is 4. The Kier molecular flexibility index (Phi) is 5.71. The Bertz CT molecular complexity index is 1440. The third-order valence-electron chi connectivity index (χ3n) is 6.14. The van der Waals surface area contributed by atoms with Gasteiger partial charge in [0.2, 0.25) is 5.91 Å². The number of hydrogen-bond donors (Lipinski definition) is 2. The molecule has 5 rings (SSSR count). The number of aromatic amines is 1. The number of amides is 2. The highest BCUT2D eigenvalue weighted by Gasteiger charge is 2.25. The number of nitrogens with one attached hydrogen (secondary N) is 2. The van der Waals surface area contributed by atoms with Crippen molar-refractivity contribution in [2.75, 3.05) is 18.4 Å². The van der Waals surface area contributed by atoms with Crippen LogP contribution in [0, 0.1) is 17.5 Å². The number of aromatic nitrogens is 5. The van der Waals surface area contributed by atoms with E-state index in [1.165, 1.54) is 36.3 Å². The monoisotopic (exact) mass is 483 g/mol. The van der Waals surface area contributed by atoms with E-state index in [1.807, 2.05) is 0 Å². The van der Waals surface area contributed by atoms with Crippen LogP contribution in [-0.4, -0.2) is 54.8 Å². The van der Waals surface area contributed by atoms with Crippen molar-refractivity contribution in [3.8, 4) is 5.69 Å². The van der Waals surface area contributed by atoms with E-state index in [2.05, 4.69) is 25.6 Å². The predicted octanol–water partition coefficient (Wildman–Crippen LogP) is 3.54. The van der Waals surface area contributed by atoms with Crippen LogP contribution in [0.3, 0.4) is 0 Å². The van der Waals surface area contributed by atoms with Crippen molar-refractivity contribution in [3.05, 3.63) is 65.6 Å². The molecule has 2 amide bonds. The first-order chi connectivity index (χ1) is 16.8. The van der Waals surface area contributed by atoms with Gasteiger partial charge in [0.05, 0.1) is 35.0 Å². The summed E-state index contributed by atoms with van der Waals surface area (Å²) in [4.78, 5) is 32.9. The van der Waals surface area contributed by atoms with Gasteiger partial charge in [0.25, 0.3) is 5.91 Å². The molecular formula is C23H20F3N7O2. The number of likely N-dealkylation sites (tertiary alicyclic amines) is 1. The van der Waals surface area contributed by atoms with Crippen molar-refractivity contribution in [2.24, 2.45) is 0 Å². The molecule has 1 aliphatic rings. The highest BCUT2D eigenvalue weighted by Crippen LogP contribution is 2.29. The summed E-state index contributed by atoms with van der Waals surface area (Å²) in [6, 6.07) is 3.25. The summed E-state index contributed by atoms with van der Waals surface area (Å²) in [5.74, 6) is -3.27. The van der Waals surface area contributed by atoms with Crippen LogP contribution in [-0.2, 0) is 4.79 Å². The molecule has 0 spiro atoms. The molecule has 0 aliphatic carbocycles. The molecule has 0 atom stereocenters. The molecule has 1 aliphatic heterocycles. The Morgan fingerprint density at radius 2 is 1.83 bits per heavy atom. The fourth-order valence-electron chi connectivity index (χ4n) is 4.23. The number of anilines is 1. The van der Waals surface area contributed by atoms with Gasteiger partial charge in [-0.15, -0.1) is 5.10 Å². The lowest BCUT2D eigenvalue weighted by Crippen LogP contribution is -2.36. The van der Waals surface area contributed by atoms with Gasteiger partial charge in [-0.3, -0.25) is 14.6 Å². The van der Waals surface area contributed by atoms with Gasteiger partial charge in [0, 0.05) is 49.6 Å². The SMILES string of the molecule is CC(=O)N1CCC(c2ncc(-n3cc(C(=O)Nc4c[nH]c5cc(F)c(F)cc45)nn3)cc2F)CC1. The van der Waals surface area contributed by atoms with Crippen LogP contribution in [0.25, 0.3) is 16.6 Å². The summed E-state index contributed by atoms with van der Waals surface area (Å²) in [7, 11) is 0. The summed E-state index contributed by atoms with van der Waals surface area (Å²) < 4.78 is 43.1. The summed E-state index contributed by atoms with van der Waals surface area (Å²) in [6.45, 7) is 2.63. The molecule has 1 fully saturated rings. The molecule has 1 aromatic carbocycles. The van der Waals surface area contributed by atoms with E-state index in [0.29, 0.717) is 42.5 Å². The number of benzene rings is 1. The van der Waals surface area contributed by atoms with E-state index >= 15 is 0 Å². The molecule has 9 nitrogen and oxygen atoms in total. The molecule has 35 heavy (non-hydrogen) atoms. The molecule has 1 saturated heterocycles. The maximum Gasteiger partial charge on any atom is 0.277 e. The topological polar surface area (TPSA) is 109 Å². The van der Waals surface area contributed by atoms with Gasteiger partial charge in [-0.25, -0.2) is 17.9 Å². The average Bonchev–Trinajstić information content (AvgIpc) is 3.48. The van der Waals surface area contributed by atoms with E-state index in [-0.39, 0.29) is 28.9 Å². The Balaban J connectivity index is 1.30. The Labute approximate surface area is 196 Å². The standard InChI is InChI=1S/C23H20F3N7O2/c1-12(34)32-4-2-13(3-5-32)22-18(26)6-14(9-28-22)33-11-21(30-31-33)23(35)29-20-10-27-19-8-17(25)16(24)7-15(19)20/h6-11,13,27H,2-5H2,1H3,(H,29,35). The van der Waals surface area contributed by atoms with Gasteiger partial charge in [-0.1, -0.05) is 5.21 Å². The van der Waals surface area contributed by atoms with E-state index < -0.39 is 23.4 Å². The first-order valence-corrected chi connectivity index (χ1v) is 10.9. The number of carbonyl (C=O) groups excluding carboxylic acids is 2. The van der Waals surface area contributed by atoms with E-state index in [1.54, 1.807) is 4.90 Å². The Hall–Kier alpha value is -4.22. The molecule has 180 valence electrons. The average molecular weight is 483 g/mol. The molecule has 3 aromatic heterocycles. The maximum absolute atomic E-state index is 14.9. The molecule has 0 unspecified atom stereocenters. The third kappa shape index (κ3) is 4.34. The largest absolute Gasteiger partial charge is 0.359 e. The summed E-state index contributed by atoms with van der Waals surface area (Å²) in [6.07, 6.45) is 5.42. The number of piperidine rings is 1. The van der Waals surface area contributed by atoms with Crippen molar-refractivity contribution < 1.29 is 22.8 Å². The molecule has 0 bridgehead atoms. The zero-order chi connectivity index (χ0) is 24.7. The fourth-order valence-corrected chi connectivity index (χ4v) is 4.23. The minimum Gasteiger partial charge on any atom is -0.359 e. The minimum absolute atomic E-state index is 0.00371. The van der Waals surface area contributed by atoms with E-state index in [9.17, 15) is 22.8 Å². The molecule has 4 aromatic rings. The van der Waals surface area contributed by atoms with Crippen LogP contribution in [0.4, 0.5) is 18.9 Å². The predicted molar refractivity (Wildman–Crippen MR) is 120 cm³/mol. The summed E-state index contributed by atoms with van der Waals surface area (Å²) in [5.41, 5.74) is 1.10. The van der Waals surface area contributed by atoms with Gasteiger partial charge in [-0.2, -0.15) is 0 Å². The highest BCUT2D eigenvalue weighted by molar-refractivity contribution is 6.07. The van der Waals surface area contributed by atoms with Crippen LogP contribution >= 0.6 is 0 Å². The second-order valence-electron chi connectivity index (χ2n) is 8.36. The lowest BCUT2D eigenvalue weighted by molar-refractivity contribution is -0.129. The van der Waals surface area contributed by atoms with Crippen LogP contribution in [0.1, 0.15) is 41.9 Å². The van der Waals surface area contributed by atoms with Crippen LogP contribution in [0.5, 0.6) is 0 Å². The van der Waals surface area contributed by atoms with Crippen molar-refractivity contribution in [3.63, 3.8) is 0 Å². The quantitative estimate of drug-likeness (QED) is 0.462. The number of carbonyl (C=O) groups is 2. The summed E-state index contributed by atoms with van der Waals surface area (Å²) >= 11 is 0. The van der Waals surface area contributed by atoms with Gasteiger partial charge < -0.3 is 15.2 Å². The lowest BCUT2D eigenvalue weighted by Gasteiger charge is -2.31. The number of halogens is 3. The second kappa shape index (κ2) is 8.85. The zero-order valence-electron chi connectivity index (χ0n) is 18.6. The van der Waals surface area contributed by atoms with Gasteiger partial charge in [-0.05, 0) is 18.9 Å². The molecule has 0 radical (unpaired) electrons. The maximum atomic E-state index is 14.9. The highest BCUT2D eigenvalue weighted by atomic mass is 19.2.